The summed E-state index contributed by atoms with van der Waals surface area (Å²) in [5, 5.41) is 14.9. The average Bonchev–Trinajstić information content (AvgIpc) is 3.39. The number of nitrogens with one attached hydrogen (secondary N) is 2. The second-order valence-electron chi connectivity index (χ2n) is 10.3. The van der Waals surface area contributed by atoms with Gasteiger partial charge in [-0.1, -0.05) is 18.9 Å². The van der Waals surface area contributed by atoms with Crippen molar-refractivity contribution in [3.05, 3.63) is 41.3 Å². The molecule has 2 unspecified atom stereocenters. The summed E-state index contributed by atoms with van der Waals surface area (Å²) < 4.78 is 33.3. The molecule has 11 heteroatoms. The number of rotatable bonds is 5. The Morgan fingerprint density at radius 2 is 1.86 bits per heavy atom. The third kappa shape index (κ3) is 3.55. The molecule has 5 heterocycles. The van der Waals surface area contributed by atoms with E-state index in [0.29, 0.717) is 47.7 Å². The summed E-state index contributed by atoms with van der Waals surface area (Å²) in [5.74, 6) is 1.61. The van der Waals surface area contributed by atoms with Crippen LogP contribution >= 0.6 is 0 Å². The standard InChI is InChI=1S/C24H28F2N8O/c1-12-31-32-23(35-12)33-9-13-7-14(10-33)19(13)28-22-29-20(27-4)18-21(30-22)34(11-24(18,2)3)15-5-6-16(25)17(26)8-15/h5-6,8,13-14,19H,7,9-11H2,1-4H3,(H2,27,28,29,30). The van der Waals surface area contributed by atoms with Crippen LogP contribution in [0.15, 0.2) is 22.6 Å². The van der Waals surface area contributed by atoms with Crippen LogP contribution in [-0.4, -0.2) is 52.9 Å². The lowest BCUT2D eigenvalue weighted by molar-refractivity contribution is 0.126. The van der Waals surface area contributed by atoms with Gasteiger partial charge in [0.25, 0.3) is 0 Å². The van der Waals surface area contributed by atoms with Crippen LogP contribution in [0.2, 0.25) is 0 Å². The zero-order valence-corrected chi connectivity index (χ0v) is 20.1. The highest BCUT2D eigenvalue weighted by molar-refractivity contribution is 5.75. The van der Waals surface area contributed by atoms with E-state index in [4.69, 9.17) is 14.4 Å². The molecule has 35 heavy (non-hydrogen) atoms. The molecule has 0 amide bonds. The third-order valence-corrected chi connectivity index (χ3v) is 7.44. The monoisotopic (exact) mass is 482 g/mol. The molecule has 1 saturated carbocycles. The number of anilines is 5. The number of piperidine rings is 2. The van der Waals surface area contributed by atoms with Crippen molar-refractivity contribution in [2.24, 2.45) is 11.8 Å². The van der Waals surface area contributed by atoms with Gasteiger partial charge in [-0.25, -0.2) is 8.78 Å². The SMILES string of the molecule is CNc1nc(NC2C3CC2CN(c2nnc(C)o2)C3)nc2c1C(C)(C)CN2c1ccc(F)c(F)c1. The Labute approximate surface area is 201 Å². The maximum absolute atomic E-state index is 14.1. The lowest BCUT2D eigenvalue weighted by Gasteiger charge is -2.53. The average molecular weight is 483 g/mol. The molecule has 2 saturated heterocycles. The maximum atomic E-state index is 14.1. The molecule has 3 aromatic rings. The zero-order valence-electron chi connectivity index (χ0n) is 20.1. The summed E-state index contributed by atoms with van der Waals surface area (Å²) in [4.78, 5) is 13.8. The molecule has 3 fully saturated rings. The number of hydrogen-bond acceptors (Lipinski definition) is 9. The smallest absolute Gasteiger partial charge is 0.318 e. The van der Waals surface area contributed by atoms with Gasteiger partial charge in [0, 0.05) is 62.4 Å². The Morgan fingerprint density at radius 3 is 2.51 bits per heavy atom. The predicted molar refractivity (Wildman–Crippen MR) is 128 cm³/mol. The lowest BCUT2D eigenvalue weighted by Crippen LogP contribution is -2.61. The van der Waals surface area contributed by atoms with Crippen LogP contribution in [0.25, 0.3) is 0 Å². The molecule has 7 rings (SSSR count). The number of nitrogens with zero attached hydrogens (tertiary/aromatic N) is 6. The molecule has 1 aliphatic carbocycles. The molecular weight excluding hydrogens is 454 g/mol. The highest BCUT2D eigenvalue weighted by atomic mass is 19.2. The number of halogens is 2. The van der Waals surface area contributed by atoms with Crippen LogP contribution in [0.1, 0.15) is 31.7 Å². The van der Waals surface area contributed by atoms with Crippen molar-refractivity contribution < 1.29 is 13.2 Å². The molecule has 2 N–H and O–H groups in total. The van der Waals surface area contributed by atoms with Gasteiger partial charge in [0.15, 0.2) is 11.6 Å². The third-order valence-electron chi connectivity index (χ3n) is 7.44. The van der Waals surface area contributed by atoms with E-state index in [1.54, 1.807) is 13.0 Å². The van der Waals surface area contributed by atoms with E-state index >= 15 is 0 Å². The summed E-state index contributed by atoms with van der Waals surface area (Å²) in [6.07, 6.45) is 1.12. The number of benzene rings is 1. The fourth-order valence-electron chi connectivity index (χ4n) is 5.77. The van der Waals surface area contributed by atoms with E-state index in [9.17, 15) is 8.78 Å². The highest BCUT2D eigenvalue weighted by Gasteiger charge is 2.48. The molecule has 2 bridgehead atoms. The molecule has 2 atom stereocenters. The molecule has 9 nitrogen and oxygen atoms in total. The second-order valence-corrected chi connectivity index (χ2v) is 10.3. The Morgan fingerprint density at radius 1 is 1.09 bits per heavy atom. The van der Waals surface area contributed by atoms with Crippen LogP contribution in [0.3, 0.4) is 0 Å². The van der Waals surface area contributed by atoms with E-state index in [1.165, 1.54) is 6.07 Å². The molecular formula is C24H28F2N8O. The Bertz CT molecular complexity index is 1280. The first kappa shape index (κ1) is 22.0. The molecule has 1 aromatic carbocycles. The van der Waals surface area contributed by atoms with Crippen molar-refractivity contribution in [2.45, 2.75) is 38.6 Å². The van der Waals surface area contributed by atoms with E-state index in [-0.39, 0.29) is 11.5 Å². The van der Waals surface area contributed by atoms with Gasteiger partial charge in [-0.15, -0.1) is 5.10 Å². The van der Waals surface area contributed by atoms with Gasteiger partial charge in [-0.3, -0.25) is 0 Å². The first-order valence-electron chi connectivity index (χ1n) is 11.9. The van der Waals surface area contributed by atoms with E-state index < -0.39 is 11.6 Å². The van der Waals surface area contributed by atoms with Crippen molar-refractivity contribution in [3.8, 4) is 0 Å². The van der Waals surface area contributed by atoms with Crippen molar-refractivity contribution in [1.82, 2.24) is 20.2 Å². The fourth-order valence-corrected chi connectivity index (χ4v) is 5.77. The maximum Gasteiger partial charge on any atom is 0.318 e. The van der Waals surface area contributed by atoms with Crippen molar-refractivity contribution in [2.75, 3.05) is 47.1 Å². The van der Waals surface area contributed by atoms with Crippen molar-refractivity contribution in [1.29, 1.82) is 0 Å². The van der Waals surface area contributed by atoms with Gasteiger partial charge in [0.1, 0.15) is 11.6 Å². The fraction of sp³-hybridized carbons (Fsp3) is 0.500. The van der Waals surface area contributed by atoms with Gasteiger partial charge in [0.05, 0.1) is 0 Å². The zero-order chi connectivity index (χ0) is 24.5. The summed E-state index contributed by atoms with van der Waals surface area (Å²) >= 11 is 0. The quantitative estimate of drug-likeness (QED) is 0.562. The van der Waals surface area contributed by atoms with Crippen LogP contribution in [-0.2, 0) is 5.41 Å². The summed E-state index contributed by atoms with van der Waals surface area (Å²) in [6, 6.07) is 4.78. The first-order valence-corrected chi connectivity index (χ1v) is 11.9. The van der Waals surface area contributed by atoms with Crippen LogP contribution in [0, 0.1) is 30.4 Å². The Hall–Kier alpha value is -3.50. The molecule has 0 spiro atoms. The molecule has 184 valence electrons. The Balaban J connectivity index is 1.29. The minimum atomic E-state index is -0.877. The lowest BCUT2D eigenvalue weighted by atomic mass is 9.66. The van der Waals surface area contributed by atoms with Gasteiger partial charge >= 0.3 is 6.01 Å². The molecule has 3 aliphatic heterocycles. The van der Waals surface area contributed by atoms with E-state index in [0.717, 1.165) is 37.0 Å². The number of fused-ring (bicyclic) bond motifs is 3. The largest absolute Gasteiger partial charge is 0.408 e. The molecule has 0 radical (unpaired) electrons. The van der Waals surface area contributed by atoms with E-state index in [1.807, 2.05) is 11.9 Å². The second kappa shape index (κ2) is 7.76. The van der Waals surface area contributed by atoms with Gasteiger partial charge in [-0.2, -0.15) is 9.97 Å². The highest BCUT2D eigenvalue weighted by Crippen LogP contribution is 2.48. The predicted octanol–water partition coefficient (Wildman–Crippen LogP) is 3.85. The number of aryl methyl sites for hydroxylation is 1. The number of aromatic nitrogens is 4. The topological polar surface area (TPSA) is 95.2 Å². The first-order chi connectivity index (χ1) is 16.7. The minimum Gasteiger partial charge on any atom is -0.408 e. The normalized spacial score (nSPS) is 24.2. The summed E-state index contributed by atoms with van der Waals surface area (Å²) in [7, 11) is 1.84. The Kier molecular flexibility index (Phi) is 4.87. The van der Waals surface area contributed by atoms with E-state index in [2.05, 4.69) is 39.6 Å². The molecule has 4 aliphatic rings. The summed E-state index contributed by atoms with van der Waals surface area (Å²) in [5.41, 5.74) is 1.24. The van der Waals surface area contributed by atoms with Crippen LogP contribution in [0.5, 0.6) is 0 Å². The van der Waals surface area contributed by atoms with Gasteiger partial charge < -0.3 is 24.9 Å². The van der Waals surface area contributed by atoms with Gasteiger partial charge in [-0.05, 0) is 30.4 Å². The van der Waals surface area contributed by atoms with Crippen molar-refractivity contribution in [3.63, 3.8) is 0 Å². The summed E-state index contributed by atoms with van der Waals surface area (Å²) in [6.45, 7) is 8.23. The molecule has 2 aromatic heterocycles. The minimum absolute atomic E-state index is 0.240. The van der Waals surface area contributed by atoms with Crippen LogP contribution < -0.4 is 20.4 Å². The van der Waals surface area contributed by atoms with Gasteiger partial charge in [0.2, 0.25) is 11.8 Å². The van der Waals surface area contributed by atoms with Crippen molar-refractivity contribution >= 4 is 29.3 Å². The van der Waals surface area contributed by atoms with Crippen LogP contribution in [0.4, 0.5) is 38.1 Å². The number of hydrogen-bond donors (Lipinski definition) is 2.